The number of Topliss-reactive ketones (excluding diaryl/α,β-unsaturated/α-hetero) is 1. The molecule has 2 aromatic carbocycles. The van der Waals surface area contributed by atoms with Gasteiger partial charge in [0.15, 0.2) is 0 Å². The number of rotatable bonds is 3. The zero-order chi connectivity index (χ0) is 19.3. The third-order valence-corrected chi connectivity index (χ3v) is 6.36. The molecule has 0 spiro atoms. The van der Waals surface area contributed by atoms with Crippen LogP contribution in [0.25, 0.3) is 5.69 Å². The summed E-state index contributed by atoms with van der Waals surface area (Å²) in [6.07, 6.45) is 3.39. The number of para-hydroxylation sites is 1. The SMILES string of the molecule is CC(=O)[C@@]1(c2cccc(C)c2C)Cc2cnn(-c3c(C)cccc3C)c2C1. The number of aromatic nitrogens is 2. The largest absolute Gasteiger partial charge is 0.299 e. The maximum Gasteiger partial charge on any atom is 0.141 e. The first-order valence-electron chi connectivity index (χ1n) is 9.55. The fourth-order valence-electron chi connectivity index (χ4n) is 4.65. The standard InChI is InChI=1S/C24H26N2O/c1-15-8-7-11-21(18(15)4)24(19(5)27)12-20-14-25-26(22(20)13-24)23-16(2)9-6-10-17(23)3/h6-11,14H,12-13H2,1-5H3/t24-/m1/s1. The van der Waals surface area contributed by atoms with Gasteiger partial charge >= 0.3 is 0 Å². The molecule has 3 nitrogen and oxygen atoms in total. The van der Waals surface area contributed by atoms with Gasteiger partial charge in [-0.15, -0.1) is 0 Å². The van der Waals surface area contributed by atoms with Crippen LogP contribution in [0.2, 0.25) is 0 Å². The predicted molar refractivity (Wildman–Crippen MR) is 109 cm³/mol. The summed E-state index contributed by atoms with van der Waals surface area (Å²) in [6.45, 7) is 10.2. The maximum atomic E-state index is 13.0. The second-order valence-electron chi connectivity index (χ2n) is 8.01. The van der Waals surface area contributed by atoms with Crippen LogP contribution >= 0.6 is 0 Å². The highest BCUT2D eigenvalue weighted by molar-refractivity contribution is 5.90. The number of fused-ring (bicyclic) bond motifs is 1. The molecule has 0 bridgehead atoms. The van der Waals surface area contributed by atoms with Crippen molar-refractivity contribution in [3.05, 3.63) is 81.7 Å². The fraction of sp³-hybridized carbons (Fsp3) is 0.333. The summed E-state index contributed by atoms with van der Waals surface area (Å²) in [5.74, 6) is 0.237. The van der Waals surface area contributed by atoms with Gasteiger partial charge in [-0.2, -0.15) is 5.10 Å². The number of aryl methyl sites for hydroxylation is 3. The van der Waals surface area contributed by atoms with Crippen molar-refractivity contribution in [2.45, 2.75) is 52.9 Å². The first-order chi connectivity index (χ1) is 12.8. The van der Waals surface area contributed by atoms with Crippen LogP contribution in [-0.2, 0) is 23.1 Å². The lowest BCUT2D eigenvalue weighted by atomic mass is 9.72. The van der Waals surface area contributed by atoms with Crippen molar-refractivity contribution in [2.24, 2.45) is 0 Å². The van der Waals surface area contributed by atoms with Gasteiger partial charge in [0.2, 0.25) is 0 Å². The Balaban J connectivity index is 1.88. The lowest BCUT2D eigenvalue weighted by Gasteiger charge is -2.29. The molecule has 0 unspecified atom stereocenters. The van der Waals surface area contributed by atoms with Crippen LogP contribution in [0.4, 0.5) is 0 Å². The van der Waals surface area contributed by atoms with Crippen molar-refractivity contribution in [3.63, 3.8) is 0 Å². The number of ketones is 1. The Morgan fingerprint density at radius 1 is 0.963 bits per heavy atom. The molecular weight excluding hydrogens is 332 g/mol. The van der Waals surface area contributed by atoms with Gasteiger partial charge in [0.25, 0.3) is 0 Å². The van der Waals surface area contributed by atoms with Crippen LogP contribution in [-0.4, -0.2) is 15.6 Å². The van der Waals surface area contributed by atoms with Crippen molar-refractivity contribution in [1.82, 2.24) is 9.78 Å². The van der Waals surface area contributed by atoms with E-state index in [0.717, 1.165) is 12.1 Å². The second-order valence-corrected chi connectivity index (χ2v) is 8.01. The molecule has 0 radical (unpaired) electrons. The summed E-state index contributed by atoms with van der Waals surface area (Å²) in [6, 6.07) is 12.6. The van der Waals surface area contributed by atoms with E-state index in [4.69, 9.17) is 5.10 Å². The Bertz CT molecular complexity index is 1040. The zero-order valence-electron chi connectivity index (χ0n) is 16.8. The van der Waals surface area contributed by atoms with Gasteiger partial charge in [-0.25, -0.2) is 4.68 Å². The van der Waals surface area contributed by atoms with E-state index >= 15 is 0 Å². The van der Waals surface area contributed by atoms with E-state index in [1.165, 1.54) is 39.1 Å². The molecule has 0 N–H and O–H groups in total. The predicted octanol–water partition coefficient (Wildman–Crippen LogP) is 4.73. The Hall–Kier alpha value is -2.68. The minimum atomic E-state index is -0.484. The van der Waals surface area contributed by atoms with Crippen molar-refractivity contribution < 1.29 is 4.79 Å². The summed E-state index contributed by atoms with van der Waals surface area (Å²) in [4.78, 5) is 13.0. The Morgan fingerprint density at radius 2 is 1.59 bits per heavy atom. The zero-order valence-corrected chi connectivity index (χ0v) is 16.8. The van der Waals surface area contributed by atoms with Crippen LogP contribution in [0.3, 0.4) is 0 Å². The van der Waals surface area contributed by atoms with Gasteiger partial charge in [0.1, 0.15) is 5.78 Å². The average Bonchev–Trinajstić information content (AvgIpc) is 3.17. The molecular formula is C24H26N2O. The molecule has 3 heteroatoms. The molecule has 0 amide bonds. The molecule has 0 aliphatic heterocycles. The number of hydrogen-bond donors (Lipinski definition) is 0. The van der Waals surface area contributed by atoms with E-state index in [1.54, 1.807) is 6.92 Å². The highest BCUT2D eigenvalue weighted by Crippen LogP contribution is 2.43. The number of hydrogen-bond acceptors (Lipinski definition) is 2. The van der Waals surface area contributed by atoms with Gasteiger partial charge in [-0.05, 0) is 74.4 Å². The molecule has 1 aliphatic rings. The molecule has 4 rings (SSSR count). The quantitative estimate of drug-likeness (QED) is 0.678. The second kappa shape index (κ2) is 6.19. The third kappa shape index (κ3) is 2.56. The lowest BCUT2D eigenvalue weighted by Crippen LogP contribution is -2.36. The molecule has 1 atom stereocenters. The molecule has 0 saturated heterocycles. The molecule has 138 valence electrons. The Kier molecular flexibility index (Phi) is 4.06. The lowest BCUT2D eigenvalue weighted by molar-refractivity contribution is -0.122. The monoisotopic (exact) mass is 358 g/mol. The molecule has 1 aromatic heterocycles. The molecule has 0 saturated carbocycles. The first-order valence-corrected chi connectivity index (χ1v) is 9.55. The van der Waals surface area contributed by atoms with E-state index < -0.39 is 5.41 Å². The van der Waals surface area contributed by atoms with Crippen molar-refractivity contribution in [3.8, 4) is 5.69 Å². The molecule has 1 heterocycles. The summed E-state index contributed by atoms with van der Waals surface area (Å²) in [7, 11) is 0. The average molecular weight is 358 g/mol. The fourth-order valence-corrected chi connectivity index (χ4v) is 4.65. The van der Waals surface area contributed by atoms with Gasteiger partial charge in [0, 0.05) is 12.1 Å². The maximum absolute atomic E-state index is 13.0. The molecule has 3 aromatic rings. The Labute approximate surface area is 161 Å². The minimum absolute atomic E-state index is 0.237. The van der Waals surface area contributed by atoms with Crippen LogP contribution in [0.15, 0.2) is 42.6 Å². The van der Waals surface area contributed by atoms with Crippen molar-refractivity contribution in [2.75, 3.05) is 0 Å². The first kappa shape index (κ1) is 17.7. The summed E-state index contributed by atoms with van der Waals surface area (Å²) in [5.41, 5.74) is 9.04. The molecule has 1 aliphatic carbocycles. The van der Waals surface area contributed by atoms with E-state index in [1.807, 2.05) is 6.20 Å². The molecule has 27 heavy (non-hydrogen) atoms. The van der Waals surface area contributed by atoms with E-state index in [-0.39, 0.29) is 5.78 Å². The number of nitrogens with zero attached hydrogens (tertiary/aromatic N) is 2. The normalized spacial score (nSPS) is 18.6. The summed E-state index contributed by atoms with van der Waals surface area (Å²) in [5, 5.41) is 4.69. The van der Waals surface area contributed by atoms with Crippen LogP contribution in [0, 0.1) is 27.7 Å². The third-order valence-electron chi connectivity index (χ3n) is 6.36. The Morgan fingerprint density at radius 3 is 2.26 bits per heavy atom. The summed E-state index contributed by atoms with van der Waals surface area (Å²) >= 11 is 0. The van der Waals surface area contributed by atoms with Gasteiger partial charge in [-0.3, -0.25) is 4.79 Å². The molecule has 0 fully saturated rings. The van der Waals surface area contributed by atoms with Crippen LogP contribution in [0.5, 0.6) is 0 Å². The van der Waals surface area contributed by atoms with E-state index in [2.05, 4.69) is 68.8 Å². The highest BCUT2D eigenvalue weighted by Gasteiger charge is 2.46. The van der Waals surface area contributed by atoms with Crippen LogP contribution in [0.1, 0.15) is 46.0 Å². The van der Waals surface area contributed by atoms with E-state index in [0.29, 0.717) is 6.42 Å². The topological polar surface area (TPSA) is 34.9 Å². The van der Waals surface area contributed by atoms with Gasteiger partial charge in [-0.1, -0.05) is 36.4 Å². The smallest absolute Gasteiger partial charge is 0.141 e. The van der Waals surface area contributed by atoms with Gasteiger partial charge < -0.3 is 0 Å². The minimum Gasteiger partial charge on any atom is -0.299 e. The highest BCUT2D eigenvalue weighted by atomic mass is 16.1. The number of benzene rings is 2. The van der Waals surface area contributed by atoms with Crippen LogP contribution < -0.4 is 0 Å². The van der Waals surface area contributed by atoms with E-state index in [9.17, 15) is 4.79 Å². The number of carbonyl (C=O) groups excluding carboxylic acids is 1. The van der Waals surface area contributed by atoms with Crippen molar-refractivity contribution in [1.29, 1.82) is 0 Å². The number of carbonyl (C=O) groups is 1. The van der Waals surface area contributed by atoms with Crippen molar-refractivity contribution >= 4 is 5.78 Å². The van der Waals surface area contributed by atoms with Gasteiger partial charge in [0.05, 0.1) is 17.3 Å². The summed E-state index contributed by atoms with van der Waals surface area (Å²) < 4.78 is 2.07.